The van der Waals surface area contributed by atoms with Crippen LogP contribution in [0.15, 0.2) is 10.2 Å². The molecule has 0 fully saturated rings. The van der Waals surface area contributed by atoms with Crippen molar-refractivity contribution in [3.8, 4) is 0 Å². The van der Waals surface area contributed by atoms with Gasteiger partial charge in [-0.3, -0.25) is 10.9 Å². The zero-order chi connectivity index (χ0) is 10.3. The second kappa shape index (κ2) is 6.52. The van der Waals surface area contributed by atoms with Gasteiger partial charge in [0.25, 0.3) is 0 Å². The minimum Gasteiger partial charge on any atom is -0.375 e. The lowest BCUT2D eigenvalue weighted by Gasteiger charge is -1.94. The molecular weight excluding hydrogens is 232 g/mol. The van der Waals surface area contributed by atoms with Crippen LogP contribution in [0.3, 0.4) is 0 Å². The molecule has 0 aromatic carbocycles. The van der Waals surface area contributed by atoms with Crippen molar-refractivity contribution in [2.24, 2.45) is 21.7 Å². The molecular formula is C4H7ClN6S2. The molecule has 0 aliphatic carbocycles. The number of hydrogen-bond acceptors (Lipinski definition) is 4. The first-order chi connectivity index (χ1) is 6.02. The van der Waals surface area contributed by atoms with Crippen molar-refractivity contribution in [1.29, 1.82) is 0 Å². The summed E-state index contributed by atoms with van der Waals surface area (Å²) >= 11 is 14.4. The monoisotopic (exact) mass is 238 g/mol. The fourth-order valence-corrected chi connectivity index (χ4v) is 0.476. The highest BCUT2D eigenvalue weighted by atomic mass is 35.5. The molecule has 0 rings (SSSR count). The van der Waals surface area contributed by atoms with Crippen LogP contribution >= 0.6 is 36.0 Å². The molecule has 0 heterocycles. The molecule has 0 aliphatic rings. The molecule has 0 amide bonds. The Bertz CT molecular complexity index is 261. The Morgan fingerprint density at radius 3 is 2.23 bits per heavy atom. The van der Waals surface area contributed by atoms with E-state index in [-0.39, 0.29) is 15.4 Å². The van der Waals surface area contributed by atoms with Gasteiger partial charge in [-0.05, 0) is 24.4 Å². The SMILES string of the molecule is NC(=S)N/N=C(Cl)/C=N/NC(N)=S. The van der Waals surface area contributed by atoms with Gasteiger partial charge in [0.15, 0.2) is 15.4 Å². The maximum atomic E-state index is 5.51. The molecule has 0 aromatic heterocycles. The van der Waals surface area contributed by atoms with E-state index >= 15 is 0 Å². The third kappa shape index (κ3) is 8.92. The van der Waals surface area contributed by atoms with Crippen LogP contribution < -0.4 is 22.3 Å². The summed E-state index contributed by atoms with van der Waals surface area (Å²) in [5.41, 5.74) is 14.7. The summed E-state index contributed by atoms with van der Waals surface area (Å²) in [5, 5.41) is 7.12. The summed E-state index contributed by atoms with van der Waals surface area (Å²) in [6, 6.07) is 0. The molecule has 0 bridgehead atoms. The highest BCUT2D eigenvalue weighted by Gasteiger charge is 1.88. The highest BCUT2D eigenvalue weighted by Crippen LogP contribution is 1.78. The van der Waals surface area contributed by atoms with E-state index in [0.29, 0.717) is 0 Å². The van der Waals surface area contributed by atoms with Crippen molar-refractivity contribution in [3.63, 3.8) is 0 Å². The standard InChI is InChI=1S/C4H7ClN6S2/c5-2(9-11-4(7)13)1-8-10-3(6)12/h1H,(H3,6,10,12)(H3,7,11,13)/b8-1+,9-2-. The minimum absolute atomic E-state index is 0.00820. The van der Waals surface area contributed by atoms with E-state index in [2.05, 4.69) is 45.5 Å². The second-order valence-electron chi connectivity index (χ2n) is 1.64. The number of rotatable bonds is 3. The molecule has 0 aromatic rings. The zero-order valence-electron chi connectivity index (χ0n) is 6.32. The Morgan fingerprint density at radius 2 is 1.77 bits per heavy atom. The van der Waals surface area contributed by atoms with E-state index in [9.17, 15) is 0 Å². The van der Waals surface area contributed by atoms with E-state index in [1.165, 1.54) is 6.21 Å². The van der Waals surface area contributed by atoms with Gasteiger partial charge < -0.3 is 11.5 Å². The van der Waals surface area contributed by atoms with Crippen LogP contribution in [0.2, 0.25) is 0 Å². The van der Waals surface area contributed by atoms with Gasteiger partial charge in [0.2, 0.25) is 0 Å². The van der Waals surface area contributed by atoms with E-state index < -0.39 is 0 Å². The number of nitrogens with one attached hydrogen (secondary N) is 2. The van der Waals surface area contributed by atoms with Crippen LogP contribution in [0, 0.1) is 0 Å². The van der Waals surface area contributed by atoms with Gasteiger partial charge in [-0.1, -0.05) is 11.6 Å². The normalized spacial score (nSPS) is 11.3. The average molecular weight is 239 g/mol. The van der Waals surface area contributed by atoms with Gasteiger partial charge in [-0.2, -0.15) is 10.2 Å². The molecule has 0 radical (unpaired) electrons. The van der Waals surface area contributed by atoms with Gasteiger partial charge in [-0.25, -0.2) is 0 Å². The summed E-state index contributed by atoms with van der Waals surface area (Å²) in [5.74, 6) is 0. The number of hydrogen-bond donors (Lipinski definition) is 4. The fraction of sp³-hybridized carbons (Fsp3) is 0. The lowest BCUT2D eigenvalue weighted by atomic mass is 10.8. The Balaban J connectivity index is 3.91. The fourth-order valence-electron chi connectivity index (χ4n) is 0.287. The van der Waals surface area contributed by atoms with Crippen molar-refractivity contribution in [3.05, 3.63) is 0 Å². The van der Waals surface area contributed by atoms with Crippen molar-refractivity contribution < 1.29 is 0 Å². The largest absolute Gasteiger partial charge is 0.375 e. The number of thiocarbonyl (C=S) groups is 2. The van der Waals surface area contributed by atoms with Gasteiger partial charge >= 0.3 is 0 Å². The first kappa shape index (κ1) is 12.0. The number of nitrogens with two attached hydrogens (primary N) is 2. The van der Waals surface area contributed by atoms with Crippen LogP contribution in [0.1, 0.15) is 0 Å². The third-order valence-corrected chi connectivity index (χ3v) is 0.983. The molecule has 72 valence electrons. The molecule has 0 atom stereocenters. The predicted molar refractivity (Wildman–Crippen MR) is 61.6 cm³/mol. The van der Waals surface area contributed by atoms with Crippen LogP contribution in [0.25, 0.3) is 0 Å². The molecule has 0 saturated heterocycles. The lowest BCUT2D eigenvalue weighted by Crippen LogP contribution is -2.26. The second-order valence-corrected chi connectivity index (χ2v) is 2.91. The van der Waals surface area contributed by atoms with Gasteiger partial charge in [0, 0.05) is 0 Å². The molecule has 0 aliphatic heterocycles. The quantitative estimate of drug-likeness (QED) is 0.292. The maximum absolute atomic E-state index is 5.51. The van der Waals surface area contributed by atoms with E-state index in [1.54, 1.807) is 0 Å². The highest BCUT2D eigenvalue weighted by molar-refractivity contribution is 7.80. The Kier molecular flexibility index (Phi) is 6.02. The minimum atomic E-state index is 0.00820. The molecule has 0 spiro atoms. The molecule has 0 unspecified atom stereocenters. The average Bonchev–Trinajstić information content (AvgIpc) is 2.00. The van der Waals surface area contributed by atoms with E-state index in [0.717, 1.165) is 0 Å². The summed E-state index contributed by atoms with van der Waals surface area (Å²) in [6.07, 6.45) is 1.19. The van der Waals surface area contributed by atoms with E-state index in [1.807, 2.05) is 0 Å². The van der Waals surface area contributed by atoms with Crippen molar-refractivity contribution >= 4 is 57.6 Å². The van der Waals surface area contributed by atoms with Crippen molar-refractivity contribution in [2.45, 2.75) is 0 Å². The molecule has 6 N–H and O–H groups in total. The third-order valence-electron chi connectivity index (χ3n) is 0.619. The van der Waals surface area contributed by atoms with Crippen LogP contribution in [-0.2, 0) is 0 Å². The Morgan fingerprint density at radius 1 is 1.23 bits per heavy atom. The van der Waals surface area contributed by atoms with Crippen LogP contribution in [-0.4, -0.2) is 21.6 Å². The summed E-state index contributed by atoms with van der Waals surface area (Å²) in [6.45, 7) is 0. The van der Waals surface area contributed by atoms with E-state index in [4.69, 9.17) is 23.1 Å². The molecule has 0 saturated carbocycles. The van der Waals surface area contributed by atoms with Crippen molar-refractivity contribution in [2.75, 3.05) is 0 Å². The summed E-state index contributed by atoms with van der Waals surface area (Å²) in [4.78, 5) is 0. The molecule has 6 nitrogen and oxygen atoms in total. The molecule has 9 heteroatoms. The molecule has 13 heavy (non-hydrogen) atoms. The Labute approximate surface area is 90.4 Å². The topological polar surface area (TPSA) is 101 Å². The van der Waals surface area contributed by atoms with Crippen LogP contribution in [0.4, 0.5) is 0 Å². The number of halogens is 1. The lowest BCUT2D eigenvalue weighted by molar-refractivity contribution is 1.03. The maximum Gasteiger partial charge on any atom is 0.184 e. The predicted octanol–water partition coefficient (Wildman–Crippen LogP) is -0.809. The Hall–Kier alpha value is -0.990. The zero-order valence-corrected chi connectivity index (χ0v) is 8.71. The van der Waals surface area contributed by atoms with Gasteiger partial charge in [0.05, 0.1) is 6.21 Å². The van der Waals surface area contributed by atoms with Gasteiger partial charge in [-0.15, -0.1) is 0 Å². The first-order valence-electron chi connectivity index (χ1n) is 2.89. The first-order valence-corrected chi connectivity index (χ1v) is 4.09. The summed E-state index contributed by atoms with van der Waals surface area (Å²) < 4.78 is 0. The smallest absolute Gasteiger partial charge is 0.184 e. The van der Waals surface area contributed by atoms with Crippen LogP contribution in [0.5, 0.6) is 0 Å². The number of hydrazone groups is 2. The summed E-state index contributed by atoms with van der Waals surface area (Å²) in [7, 11) is 0. The van der Waals surface area contributed by atoms with Gasteiger partial charge in [0.1, 0.15) is 0 Å². The van der Waals surface area contributed by atoms with Crippen molar-refractivity contribution in [1.82, 2.24) is 10.9 Å². The number of nitrogens with zero attached hydrogens (tertiary/aromatic N) is 2.